The van der Waals surface area contributed by atoms with E-state index in [-0.39, 0.29) is 6.03 Å². The molecule has 0 heterocycles. The summed E-state index contributed by atoms with van der Waals surface area (Å²) in [6, 6.07) is 0.0813. The average molecular weight is 186 g/mol. The van der Waals surface area contributed by atoms with E-state index >= 15 is 0 Å². The smallest absolute Gasteiger partial charge is 0.317 e. The Morgan fingerprint density at radius 1 is 1.23 bits per heavy atom. The van der Waals surface area contributed by atoms with Gasteiger partial charge in [-0.25, -0.2) is 4.79 Å². The first-order chi connectivity index (χ1) is 6.26. The van der Waals surface area contributed by atoms with Crippen LogP contribution in [0.3, 0.4) is 0 Å². The number of nitrogens with one attached hydrogen (secondary N) is 1. The van der Waals surface area contributed by atoms with E-state index < -0.39 is 0 Å². The van der Waals surface area contributed by atoms with E-state index in [1.165, 1.54) is 0 Å². The summed E-state index contributed by atoms with van der Waals surface area (Å²) in [6.07, 6.45) is 3.21. The van der Waals surface area contributed by atoms with Gasteiger partial charge in [0.1, 0.15) is 0 Å². The third-order valence-electron chi connectivity index (χ3n) is 1.97. The van der Waals surface area contributed by atoms with Crippen molar-refractivity contribution in [3.63, 3.8) is 0 Å². The Kier molecular flexibility index (Phi) is 7.45. The molecule has 0 aliphatic rings. The highest BCUT2D eigenvalue weighted by atomic mass is 16.2. The molecule has 0 rings (SSSR count). The van der Waals surface area contributed by atoms with Gasteiger partial charge in [-0.2, -0.15) is 0 Å². The first-order valence-corrected chi connectivity index (χ1v) is 5.29. The largest absolute Gasteiger partial charge is 0.338 e. The van der Waals surface area contributed by atoms with E-state index in [2.05, 4.69) is 19.2 Å². The summed E-state index contributed by atoms with van der Waals surface area (Å²) in [5.41, 5.74) is 0. The van der Waals surface area contributed by atoms with E-state index in [1.54, 1.807) is 0 Å². The number of carbonyl (C=O) groups is 1. The Morgan fingerprint density at radius 3 is 2.38 bits per heavy atom. The van der Waals surface area contributed by atoms with Gasteiger partial charge >= 0.3 is 6.03 Å². The first kappa shape index (κ1) is 12.3. The molecule has 0 saturated heterocycles. The van der Waals surface area contributed by atoms with Crippen molar-refractivity contribution in [2.45, 2.75) is 40.0 Å². The summed E-state index contributed by atoms with van der Waals surface area (Å²) in [6.45, 7) is 8.67. The van der Waals surface area contributed by atoms with Crippen LogP contribution in [0.5, 0.6) is 0 Å². The first-order valence-electron chi connectivity index (χ1n) is 5.29. The van der Waals surface area contributed by atoms with Gasteiger partial charge in [0.2, 0.25) is 0 Å². The Balaban J connectivity index is 3.64. The van der Waals surface area contributed by atoms with Crippen LogP contribution in [0, 0.1) is 0 Å². The average Bonchev–Trinajstić information content (AvgIpc) is 2.14. The zero-order chi connectivity index (χ0) is 10.1. The molecule has 1 N–H and O–H groups in total. The second-order valence-electron chi connectivity index (χ2n) is 3.17. The predicted molar refractivity (Wildman–Crippen MR) is 55.8 cm³/mol. The SMILES string of the molecule is CCCCNC(=O)N(CC)CCC. The van der Waals surface area contributed by atoms with Crippen LogP contribution in [-0.2, 0) is 0 Å². The fourth-order valence-corrected chi connectivity index (χ4v) is 1.16. The summed E-state index contributed by atoms with van der Waals surface area (Å²) in [5.74, 6) is 0. The van der Waals surface area contributed by atoms with Crippen molar-refractivity contribution in [3.8, 4) is 0 Å². The molecule has 0 aromatic heterocycles. The Hall–Kier alpha value is -0.730. The molecule has 3 heteroatoms. The summed E-state index contributed by atoms with van der Waals surface area (Å²) >= 11 is 0. The minimum absolute atomic E-state index is 0.0813. The zero-order valence-electron chi connectivity index (χ0n) is 9.10. The molecule has 0 aliphatic carbocycles. The molecule has 0 spiro atoms. The van der Waals surface area contributed by atoms with Gasteiger partial charge in [0, 0.05) is 19.6 Å². The van der Waals surface area contributed by atoms with Crippen LogP contribution >= 0.6 is 0 Å². The highest BCUT2D eigenvalue weighted by Gasteiger charge is 2.07. The number of unbranched alkanes of at least 4 members (excludes halogenated alkanes) is 1. The van der Waals surface area contributed by atoms with Crippen LogP contribution in [0.15, 0.2) is 0 Å². The molecular weight excluding hydrogens is 164 g/mol. The minimum Gasteiger partial charge on any atom is -0.338 e. The van der Waals surface area contributed by atoms with Crippen molar-refractivity contribution in [1.29, 1.82) is 0 Å². The molecule has 0 saturated carbocycles. The van der Waals surface area contributed by atoms with Crippen LogP contribution in [0.1, 0.15) is 40.0 Å². The van der Waals surface area contributed by atoms with Crippen molar-refractivity contribution in [3.05, 3.63) is 0 Å². The quantitative estimate of drug-likeness (QED) is 0.634. The second-order valence-corrected chi connectivity index (χ2v) is 3.17. The number of urea groups is 1. The van der Waals surface area contributed by atoms with Crippen LogP contribution in [0.2, 0.25) is 0 Å². The number of hydrogen-bond donors (Lipinski definition) is 1. The molecule has 0 unspecified atom stereocenters. The maximum atomic E-state index is 11.5. The molecule has 13 heavy (non-hydrogen) atoms. The lowest BCUT2D eigenvalue weighted by atomic mass is 10.3. The molecule has 0 bridgehead atoms. The van der Waals surface area contributed by atoms with Crippen molar-refractivity contribution in [1.82, 2.24) is 10.2 Å². The van der Waals surface area contributed by atoms with E-state index in [9.17, 15) is 4.79 Å². The Morgan fingerprint density at radius 2 is 1.92 bits per heavy atom. The maximum Gasteiger partial charge on any atom is 0.317 e. The van der Waals surface area contributed by atoms with Gasteiger partial charge in [0.05, 0.1) is 0 Å². The van der Waals surface area contributed by atoms with Crippen LogP contribution in [0.25, 0.3) is 0 Å². The highest BCUT2D eigenvalue weighted by molar-refractivity contribution is 5.74. The van der Waals surface area contributed by atoms with Crippen LogP contribution in [-0.4, -0.2) is 30.6 Å². The molecule has 0 aromatic rings. The fraction of sp³-hybridized carbons (Fsp3) is 0.900. The van der Waals surface area contributed by atoms with E-state index in [0.29, 0.717) is 0 Å². The number of nitrogens with zero attached hydrogens (tertiary/aromatic N) is 1. The van der Waals surface area contributed by atoms with E-state index in [1.807, 2.05) is 11.8 Å². The summed E-state index contributed by atoms with van der Waals surface area (Å²) in [4.78, 5) is 13.3. The van der Waals surface area contributed by atoms with E-state index in [0.717, 1.165) is 38.9 Å². The molecule has 3 nitrogen and oxygen atoms in total. The number of hydrogen-bond acceptors (Lipinski definition) is 1. The van der Waals surface area contributed by atoms with Gasteiger partial charge in [-0.3, -0.25) is 0 Å². The zero-order valence-corrected chi connectivity index (χ0v) is 9.10. The maximum absolute atomic E-state index is 11.5. The molecule has 2 amide bonds. The van der Waals surface area contributed by atoms with Gasteiger partial charge in [-0.15, -0.1) is 0 Å². The number of amides is 2. The van der Waals surface area contributed by atoms with Gasteiger partial charge in [0.15, 0.2) is 0 Å². The molecule has 0 radical (unpaired) electrons. The number of carbonyl (C=O) groups excluding carboxylic acids is 1. The molecular formula is C10H22N2O. The van der Waals surface area contributed by atoms with E-state index in [4.69, 9.17) is 0 Å². The fourth-order valence-electron chi connectivity index (χ4n) is 1.16. The molecule has 0 atom stereocenters. The standard InChI is InChI=1S/C10H22N2O/c1-4-7-8-11-10(13)12(6-3)9-5-2/h4-9H2,1-3H3,(H,11,13). The molecule has 78 valence electrons. The summed E-state index contributed by atoms with van der Waals surface area (Å²) < 4.78 is 0. The second kappa shape index (κ2) is 7.90. The highest BCUT2D eigenvalue weighted by Crippen LogP contribution is 1.92. The van der Waals surface area contributed by atoms with Crippen LogP contribution < -0.4 is 5.32 Å². The van der Waals surface area contributed by atoms with Crippen molar-refractivity contribution >= 4 is 6.03 Å². The minimum atomic E-state index is 0.0813. The predicted octanol–water partition coefficient (Wildman–Crippen LogP) is 2.23. The van der Waals surface area contributed by atoms with Gasteiger partial charge in [0.25, 0.3) is 0 Å². The Bertz CT molecular complexity index is 137. The number of rotatable bonds is 6. The van der Waals surface area contributed by atoms with Gasteiger partial charge in [-0.05, 0) is 19.8 Å². The summed E-state index contributed by atoms with van der Waals surface area (Å²) in [7, 11) is 0. The van der Waals surface area contributed by atoms with Crippen LogP contribution in [0.4, 0.5) is 4.79 Å². The van der Waals surface area contributed by atoms with Gasteiger partial charge in [-0.1, -0.05) is 20.3 Å². The lowest BCUT2D eigenvalue weighted by Gasteiger charge is -2.20. The van der Waals surface area contributed by atoms with Crippen molar-refractivity contribution in [2.75, 3.05) is 19.6 Å². The molecule has 0 aromatic carbocycles. The topological polar surface area (TPSA) is 32.3 Å². The lowest BCUT2D eigenvalue weighted by molar-refractivity contribution is 0.200. The van der Waals surface area contributed by atoms with Crippen molar-refractivity contribution in [2.24, 2.45) is 0 Å². The third-order valence-corrected chi connectivity index (χ3v) is 1.97. The monoisotopic (exact) mass is 186 g/mol. The molecule has 0 aliphatic heterocycles. The lowest BCUT2D eigenvalue weighted by Crippen LogP contribution is -2.40. The van der Waals surface area contributed by atoms with Gasteiger partial charge < -0.3 is 10.2 Å². The summed E-state index contributed by atoms with van der Waals surface area (Å²) in [5, 5.41) is 2.91. The normalized spacial score (nSPS) is 9.77. The van der Waals surface area contributed by atoms with Crippen molar-refractivity contribution < 1.29 is 4.79 Å². The molecule has 0 fully saturated rings. The Labute approximate surface area is 81.5 Å². The third kappa shape index (κ3) is 5.50.